The lowest BCUT2D eigenvalue weighted by molar-refractivity contribution is 0.110. The topological polar surface area (TPSA) is 6.48 Å². The van der Waals surface area contributed by atoms with Crippen LogP contribution >= 0.6 is 11.6 Å². The van der Waals surface area contributed by atoms with Gasteiger partial charge in [0.25, 0.3) is 0 Å². The van der Waals surface area contributed by atoms with Gasteiger partial charge in [-0.3, -0.25) is 9.80 Å². The van der Waals surface area contributed by atoms with Gasteiger partial charge in [-0.05, 0) is 57.5 Å². The minimum absolute atomic E-state index is 0.180. The smallest absolute Gasteiger partial charge is 0.129 e. The third-order valence-electron chi connectivity index (χ3n) is 4.58. The van der Waals surface area contributed by atoms with Crippen molar-refractivity contribution in [1.82, 2.24) is 9.80 Å². The zero-order chi connectivity index (χ0) is 13.9. The molecule has 1 atom stereocenters. The van der Waals surface area contributed by atoms with Crippen LogP contribution in [0.15, 0.2) is 18.2 Å². The average Bonchev–Trinajstić information content (AvgIpc) is 2.98. The second-order valence-electron chi connectivity index (χ2n) is 5.97. The molecular formula is C16H22ClFN2. The molecule has 1 aromatic carbocycles. The molecule has 3 rings (SSSR count). The van der Waals surface area contributed by atoms with Gasteiger partial charge in [-0.25, -0.2) is 4.39 Å². The fourth-order valence-electron chi connectivity index (χ4n) is 3.49. The van der Waals surface area contributed by atoms with E-state index in [4.69, 9.17) is 11.6 Å². The Morgan fingerprint density at radius 2 is 1.95 bits per heavy atom. The lowest BCUT2D eigenvalue weighted by Gasteiger charge is -2.37. The zero-order valence-corrected chi connectivity index (χ0v) is 12.6. The molecule has 0 N–H and O–H groups in total. The first-order valence-electron chi connectivity index (χ1n) is 7.63. The van der Waals surface area contributed by atoms with Gasteiger partial charge in [0.1, 0.15) is 5.82 Å². The van der Waals surface area contributed by atoms with Gasteiger partial charge in [0, 0.05) is 29.7 Å². The van der Waals surface area contributed by atoms with E-state index in [0.717, 1.165) is 13.1 Å². The van der Waals surface area contributed by atoms with Gasteiger partial charge in [-0.2, -0.15) is 0 Å². The van der Waals surface area contributed by atoms with Crippen LogP contribution in [0.5, 0.6) is 0 Å². The van der Waals surface area contributed by atoms with Crippen molar-refractivity contribution in [2.75, 3.05) is 26.2 Å². The van der Waals surface area contributed by atoms with Gasteiger partial charge < -0.3 is 0 Å². The average molecular weight is 297 g/mol. The van der Waals surface area contributed by atoms with Crippen LogP contribution in [0.1, 0.15) is 31.2 Å². The molecule has 0 unspecified atom stereocenters. The molecule has 0 aliphatic carbocycles. The SMILES string of the molecule is Fc1cccc(Cl)c1CN1CCC[C@H](N2CCCC2)C1. The van der Waals surface area contributed by atoms with Crippen LogP contribution in [0.2, 0.25) is 5.02 Å². The summed E-state index contributed by atoms with van der Waals surface area (Å²) in [6.07, 6.45) is 5.14. The number of nitrogens with zero attached hydrogens (tertiary/aromatic N) is 2. The molecule has 0 spiro atoms. The molecule has 0 bridgehead atoms. The number of benzene rings is 1. The molecule has 0 saturated carbocycles. The Labute approximate surface area is 125 Å². The van der Waals surface area contributed by atoms with Crippen LogP contribution in [-0.4, -0.2) is 42.0 Å². The maximum Gasteiger partial charge on any atom is 0.129 e. The highest BCUT2D eigenvalue weighted by molar-refractivity contribution is 6.31. The fourth-order valence-corrected chi connectivity index (χ4v) is 3.71. The monoisotopic (exact) mass is 296 g/mol. The third kappa shape index (κ3) is 3.16. The summed E-state index contributed by atoms with van der Waals surface area (Å²) >= 11 is 6.14. The van der Waals surface area contributed by atoms with Crippen LogP contribution < -0.4 is 0 Å². The molecule has 0 radical (unpaired) electrons. The number of likely N-dealkylation sites (tertiary alicyclic amines) is 2. The fraction of sp³-hybridized carbons (Fsp3) is 0.625. The van der Waals surface area contributed by atoms with E-state index in [2.05, 4.69) is 9.80 Å². The molecule has 20 heavy (non-hydrogen) atoms. The molecule has 2 aliphatic rings. The Morgan fingerprint density at radius 3 is 2.70 bits per heavy atom. The van der Waals surface area contributed by atoms with Crippen molar-refractivity contribution in [2.24, 2.45) is 0 Å². The molecule has 1 aromatic rings. The van der Waals surface area contributed by atoms with Crippen LogP contribution in [0.3, 0.4) is 0 Å². The third-order valence-corrected chi connectivity index (χ3v) is 4.94. The van der Waals surface area contributed by atoms with E-state index in [1.54, 1.807) is 12.1 Å². The summed E-state index contributed by atoms with van der Waals surface area (Å²) < 4.78 is 13.9. The van der Waals surface area contributed by atoms with Gasteiger partial charge in [0.15, 0.2) is 0 Å². The number of halogens is 2. The predicted molar refractivity (Wildman–Crippen MR) is 80.5 cm³/mol. The number of rotatable bonds is 3. The normalized spacial score (nSPS) is 25.2. The van der Waals surface area contributed by atoms with E-state index >= 15 is 0 Å². The van der Waals surface area contributed by atoms with E-state index in [0.29, 0.717) is 23.2 Å². The predicted octanol–water partition coefficient (Wildman–Crippen LogP) is 3.54. The Hall–Kier alpha value is -0.640. The van der Waals surface area contributed by atoms with Gasteiger partial charge in [0.2, 0.25) is 0 Å². The first-order valence-corrected chi connectivity index (χ1v) is 8.01. The van der Waals surface area contributed by atoms with E-state index in [1.807, 2.05) is 0 Å². The van der Waals surface area contributed by atoms with Crippen LogP contribution in [0.25, 0.3) is 0 Å². The van der Waals surface area contributed by atoms with Gasteiger partial charge in [0.05, 0.1) is 0 Å². The maximum absolute atomic E-state index is 13.9. The minimum atomic E-state index is -0.180. The molecule has 0 aromatic heterocycles. The van der Waals surface area contributed by atoms with Gasteiger partial charge in [-0.15, -0.1) is 0 Å². The molecule has 2 aliphatic heterocycles. The van der Waals surface area contributed by atoms with Crippen molar-refractivity contribution < 1.29 is 4.39 Å². The second kappa shape index (κ2) is 6.42. The van der Waals surface area contributed by atoms with Gasteiger partial charge in [-0.1, -0.05) is 17.7 Å². The second-order valence-corrected chi connectivity index (χ2v) is 6.38. The summed E-state index contributed by atoms with van der Waals surface area (Å²) in [5, 5.41) is 0.549. The lowest BCUT2D eigenvalue weighted by atomic mass is 10.0. The summed E-state index contributed by atoms with van der Waals surface area (Å²) in [4.78, 5) is 4.96. The molecule has 110 valence electrons. The van der Waals surface area contributed by atoms with Crippen LogP contribution in [-0.2, 0) is 6.54 Å². The van der Waals surface area contributed by atoms with Crippen molar-refractivity contribution >= 4 is 11.6 Å². The standard InChI is InChI=1S/C16H22ClFN2/c17-15-6-3-7-16(18)14(15)12-19-8-4-5-13(11-19)20-9-1-2-10-20/h3,6-7,13H,1-2,4-5,8-12H2/t13-/m0/s1. The minimum Gasteiger partial charge on any atom is -0.299 e. The van der Waals surface area contributed by atoms with E-state index in [-0.39, 0.29) is 5.82 Å². The molecule has 0 amide bonds. The highest BCUT2D eigenvalue weighted by Crippen LogP contribution is 2.25. The summed E-state index contributed by atoms with van der Waals surface area (Å²) in [6, 6.07) is 5.60. The molecule has 2 saturated heterocycles. The molecule has 2 heterocycles. The summed E-state index contributed by atoms with van der Waals surface area (Å²) in [5.74, 6) is -0.180. The molecular weight excluding hydrogens is 275 g/mol. The summed E-state index contributed by atoms with van der Waals surface area (Å²) in [7, 11) is 0. The Kier molecular flexibility index (Phi) is 4.59. The molecule has 4 heteroatoms. The van der Waals surface area contributed by atoms with E-state index < -0.39 is 0 Å². The lowest BCUT2D eigenvalue weighted by Crippen LogP contribution is -2.46. The zero-order valence-electron chi connectivity index (χ0n) is 11.8. The number of piperidine rings is 1. The molecule has 2 nitrogen and oxygen atoms in total. The van der Waals surface area contributed by atoms with Gasteiger partial charge >= 0.3 is 0 Å². The number of hydrogen-bond donors (Lipinski definition) is 0. The number of hydrogen-bond acceptors (Lipinski definition) is 2. The van der Waals surface area contributed by atoms with E-state index in [1.165, 1.54) is 44.8 Å². The summed E-state index contributed by atoms with van der Waals surface area (Å²) in [6.45, 7) is 5.20. The maximum atomic E-state index is 13.9. The quantitative estimate of drug-likeness (QED) is 0.842. The Morgan fingerprint density at radius 1 is 1.15 bits per heavy atom. The van der Waals surface area contributed by atoms with Crippen LogP contribution in [0, 0.1) is 5.82 Å². The highest BCUT2D eigenvalue weighted by atomic mass is 35.5. The summed E-state index contributed by atoms with van der Waals surface area (Å²) in [5.41, 5.74) is 0.649. The van der Waals surface area contributed by atoms with E-state index in [9.17, 15) is 4.39 Å². The highest BCUT2D eigenvalue weighted by Gasteiger charge is 2.27. The van der Waals surface area contributed by atoms with Crippen molar-refractivity contribution in [3.63, 3.8) is 0 Å². The van der Waals surface area contributed by atoms with Crippen molar-refractivity contribution in [1.29, 1.82) is 0 Å². The first kappa shape index (κ1) is 14.3. The first-order chi connectivity index (χ1) is 9.74. The van der Waals surface area contributed by atoms with Crippen molar-refractivity contribution in [3.05, 3.63) is 34.6 Å². The molecule has 2 fully saturated rings. The Bertz CT molecular complexity index is 440. The van der Waals surface area contributed by atoms with Crippen molar-refractivity contribution in [2.45, 2.75) is 38.3 Å². The largest absolute Gasteiger partial charge is 0.299 e. The van der Waals surface area contributed by atoms with Crippen LogP contribution in [0.4, 0.5) is 4.39 Å². The Balaban J connectivity index is 1.65. The van der Waals surface area contributed by atoms with Crippen molar-refractivity contribution in [3.8, 4) is 0 Å².